The van der Waals surface area contributed by atoms with Crippen molar-refractivity contribution in [2.24, 2.45) is 0 Å². The zero-order chi connectivity index (χ0) is 22.5. The molecule has 0 bridgehead atoms. The molecule has 4 rings (SSSR count). The maximum absolute atomic E-state index is 13.5. The van der Waals surface area contributed by atoms with Gasteiger partial charge in [-0.3, -0.25) is 8.77 Å². The molecule has 0 spiro atoms. The zero-order valence-electron chi connectivity index (χ0n) is 18.9. The largest absolute Gasteiger partial charge is 0.495 e. The van der Waals surface area contributed by atoms with Crippen LogP contribution >= 0.6 is 0 Å². The van der Waals surface area contributed by atoms with Crippen molar-refractivity contribution in [2.75, 3.05) is 45.2 Å². The fourth-order valence-corrected chi connectivity index (χ4v) is 4.92. The van der Waals surface area contributed by atoms with Gasteiger partial charge in [0.05, 0.1) is 23.2 Å². The highest BCUT2D eigenvalue weighted by atomic mass is 32.2. The lowest BCUT2D eigenvalue weighted by molar-refractivity contribution is 0.101. The summed E-state index contributed by atoms with van der Waals surface area (Å²) in [6.07, 6.45) is 1.70. The molecule has 166 valence electrons. The molecule has 3 aromatic rings. The lowest BCUT2D eigenvalue weighted by Crippen LogP contribution is -2.44. The molecule has 0 N–H and O–H groups in total. The number of carbonyl (C=O) groups excluding carboxylic acids is 1. The number of nitrogens with zero attached hydrogens (tertiary/aromatic N) is 3. The molecule has 7 heteroatoms. The summed E-state index contributed by atoms with van der Waals surface area (Å²) in [5.74, 6) is 0.738. The Hall–Kier alpha value is -2.64. The second-order valence-corrected chi connectivity index (χ2v) is 8.68. The minimum Gasteiger partial charge on any atom is -0.495 e. The van der Waals surface area contributed by atoms with Crippen molar-refractivity contribution in [1.29, 1.82) is 0 Å². The van der Waals surface area contributed by atoms with Gasteiger partial charge in [0, 0.05) is 43.3 Å². The molecular formula is C24H31N3O3S. The number of anilines is 1. The van der Waals surface area contributed by atoms with E-state index in [0.717, 1.165) is 48.5 Å². The summed E-state index contributed by atoms with van der Waals surface area (Å²) >= 11 is 0. The van der Waals surface area contributed by atoms with Gasteiger partial charge in [0.25, 0.3) is 0 Å². The van der Waals surface area contributed by atoms with Crippen LogP contribution in [0.2, 0.25) is 0 Å². The summed E-state index contributed by atoms with van der Waals surface area (Å²) in [6, 6.07) is 13.2. The number of methoxy groups -OCH3 is 1. The van der Waals surface area contributed by atoms with Crippen LogP contribution in [0.3, 0.4) is 0 Å². The van der Waals surface area contributed by atoms with E-state index >= 15 is 0 Å². The van der Waals surface area contributed by atoms with Gasteiger partial charge in [-0.1, -0.05) is 32.0 Å². The monoisotopic (exact) mass is 441 g/mol. The molecule has 0 aliphatic carbocycles. The van der Waals surface area contributed by atoms with E-state index in [4.69, 9.17) is 4.74 Å². The van der Waals surface area contributed by atoms with Gasteiger partial charge in [-0.25, -0.2) is 4.21 Å². The molecule has 1 atom stereocenters. The summed E-state index contributed by atoms with van der Waals surface area (Å²) in [6.45, 7) is 9.27. The van der Waals surface area contributed by atoms with Crippen LogP contribution in [0.4, 0.5) is 5.69 Å². The molecule has 0 saturated carbocycles. The number of ketones is 1. The number of aromatic nitrogens is 1. The van der Waals surface area contributed by atoms with Gasteiger partial charge in [0.15, 0.2) is 16.8 Å². The van der Waals surface area contributed by atoms with Crippen LogP contribution < -0.4 is 9.64 Å². The highest BCUT2D eigenvalue weighted by Gasteiger charge is 2.21. The Kier molecular flexibility index (Phi) is 7.51. The van der Waals surface area contributed by atoms with Crippen molar-refractivity contribution in [3.05, 3.63) is 54.2 Å². The van der Waals surface area contributed by atoms with E-state index in [1.165, 1.54) is 6.92 Å². The zero-order valence-corrected chi connectivity index (χ0v) is 19.7. The Labute approximate surface area is 187 Å². The molecule has 2 heterocycles. The van der Waals surface area contributed by atoms with Crippen molar-refractivity contribution in [2.45, 2.75) is 25.7 Å². The van der Waals surface area contributed by atoms with Gasteiger partial charge < -0.3 is 14.5 Å². The first kappa shape index (κ1) is 23.0. The van der Waals surface area contributed by atoms with E-state index in [0.29, 0.717) is 10.5 Å². The van der Waals surface area contributed by atoms with E-state index in [1.807, 2.05) is 56.3 Å². The van der Waals surface area contributed by atoms with Crippen LogP contribution in [0.25, 0.3) is 10.9 Å². The lowest BCUT2D eigenvalue weighted by Gasteiger charge is -2.34. The predicted octanol–water partition coefficient (Wildman–Crippen LogP) is 4.20. The number of hydrogen-bond donors (Lipinski definition) is 0. The number of para-hydroxylation sites is 1. The maximum Gasteiger partial charge on any atom is 0.161 e. The van der Waals surface area contributed by atoms with Crippen LogP contribution in [0.1, 0.15) is 31.1 Å². The first-order valence-corrected chi connectivity index (χ1v) is 11.7. The minimum absolute atomic E-state index is 0.0372. The molecule has 6 nitrogen and oxygen atoms in total. The van der Waals surface area contributed by atoms with Crippen LogP contribution in [0, 0.1) is 0 Å². The number of carbonyl (C=O) groups is 1. The molecule has 1 aliphatic rings. The van der Waals surface area contributed by atoms with E-state index < -0.39 is 11.0 Å². The second kappa shape index (κ2) is 10.1. The van der Waals surface area contributed by atoms with Gasteiger partial charge in [0.1, 0.15) is 5.75 Å². The number of hydrogen-bond acceptors (Lipinski definition) is 5. The number of Topliss-reactive ketones (excluding diaryl/α,β-unsaturated/α-hetero) is 1. The molecular weight excluding hydrogens is 410 g/mol. The van der Waals surface area contributed by atoms with Gasteiger partial charge in [-0.05, 0) is 38.2 Å². The molecule has 0 amide bonds. The number of fused-ring (bicyclic) bond motifs is 1. The Morgan fingerprint density at radius 3 is 2.35 bits per heavy atom. The van der Waals surface area contributed by atoms with Crippen molar-refractivity contribution in [3.8, 4) is 5.75 Å². The smallest absolute Gasteiger partial charge is 0.161 e. The molecule has 1 unspecified atom stereocenters. The Morgan fingerprint density at radius 1 is 1.03 bits per heavy atom. The van der Waals surface area contributed by atoms with Gasteiger partial charge >= 0.3 is 0 Å². The highest BCUT2D eigenvalue weighted by Crippen LogP contribution is 2.32. The third-order valence-electron chi connectivity index (χ3n) is 5.43. The SMILES string of the molecule is CC.COc1ccc(S(=O)n2cc(C(C)=O)c3ccccc32)cc1N1CCN(C)CC1. The quantitative estimate of drug-likeness (QED) is 0.556. The van der Waals surface area contributed by atoms with E-state index in [-0.39, 0.29) is 5.78 Å². The third kappa shape index (κ3) is 4.67. The Balaban J connectivity index is 0.00000132. The maximum atomic E-state index is 13.5. The highest BCUT2D eigenvalue weighted by molar-refractivity contribution is 7.83. The average Bonchev–Trinajstić information content (AvgIpc) is 3.20. The van der Waals surface area contributed by atoms with Gasteiger partial charge in [0.2, 0.25) is 0 Å². The number of benzene rings is 2. The number of rotatable bonds is 5. The molecule has 2 aromatic carbocycles. The molecule has 0 radical (unpaired) electrons. The summed E-state index contributed by atoms with van der Waals surface area (Å²) < 4.78 is 20.7. The second-order valence-electron chi connectivity index (χ2n) is 7.32. The molecule has 1 saturated heterocycles. The van der Waals surface area contributed by atoms with E-state index in [1.54, 1.807) is 17.3 Å². The predicted molar refractivity (Wildman–Crippen MR) is 128 cm³/mol. The summed E-state index contributed by atoms with van der Waals surface area (Å²) in [7, 11) is 2.29. The van der Waals surface area contributed by atoms with Crippen LogP contribution in [0.15, 0.2) is 53.6 Å². The molecule has 31 heavy (non-hydrogen) atoms. The molecule has 1 fully saturated rings. The molecule has 1 aliphatic heterocycles. The number of likely N-dealkylation sites (N-methyl/N-ethyl adjacent to an activating group) is 1. The third-order valence-corrected chi connectivity index (χ3v) is 6.75. The topological polar surface area (TPSA) is 54.8 Å². The number of piperazine rings is 1. The van der Waals surface area contributed by atoms with Gasteiger partial charge in [-0.15, -0.1) is 0 Å². The summed E-state index contributed by atoms with van der Waals surface area (Å²) in [5.41, 5.74) is 2.32. The lowest BCUT2D eigenvalue weighted by atomic mass is 10.1. The van der Waals surface area contributed by atoms with E-state index in [2.05, 4.69) is 16.8 Å². The summed E-state index contributed by atoms with van der Waals surface area (Å²) in [5, 5.41) is 0.821. The minimum atomic E-state index is -1.48. The Bertz CT molecular complexity index is 1080. The number of ether oxygens (including phenoxy) is 1. The fourth-order valence-electron chi connectivity index (χ4n) is 3.75. The summed E-state index contributed by atoms with van der Waals surface area (Å²) in [4.78, 5) is 17.3. The van der Waals surface area contributed by atoms with Gasteiger partial charge in [-0.2, -0.15) is 0 Å². The van der Waals surface area contributed by atoms with Crippen molar-refractivity contribution in [3.63, 3.8) is 0 Å². The standard InChI is InChI=1S/C22H25N3O3S.C2H6/c1-16(26)19-15-25(20-7-5-4-6-18(19)20)29(27)17-8-9-22(28-3)21(14-17)24-12-10-23(2)11-13-24;1-2/h4-9,14-15H,10-13H2,1-3H3;1-2H3. The van der Waals surface area contributed by atoms with Crippen molar-refractivity contribution >= 4 is 33.4 Å². The first-order valence-electron chi connectivity index (χ1n) is 10.6. The van der Waals surface area contributed by atoms with Crippen molar-refractivity contribution in [1.82, 2.24) is 8.87 Å². The van der Waals surface area contributed by atoms with Crippen LogP contribution in [-0.4, -0.2) is 59.2 Å². The Morgan fingerprint density at radius 2 is 1.71 bits per heavy atom. The fraction of sp³-hybridized carbons (Fsp3) is 0.375. The normalized spacial score (nSPS) is 15.3. The molecule has 1 aromatic heterocycles. The van der Waals surface area contributed by atoms with E-state index in [9.17, 15) is 9.00 Å². The van der Waals surface area contributed by atoms with Crippen LogP contribution in [-0.2, 0) is 11.0 Å². The van der Waals surface area contributed by atoms with Crippen LogP contribution in [0.5, 0.6) is 5.75 Å². The average molecular weight is 442 g/mol. The van der Waals surface area contributed by atoms with Crippen molar-refractivity contribution < 1.29 is 13.7 Å². The first-order chi connectivity index (χ1) is 15.0.